The highest BCUT2D eigenvalue weighted by molar-refractivity contribution is 9.10. The summed E-state index contributed by atoms with van der Waals surface area (Å²) in [6, 6.07) is 17.8. The van der Waals surface area contributed by atoms with Crippen LogP contribution in [0.1, 0.15) is 49.1 Å². The maximum Gasteiger partial charge on any atom is 0.338 e. The zero-order chi connectivity index (χ0) is 22.1. The summed E-state index contributed by atoms with van der Waals surface area (Å²) in [5, 5.41) is 2.62. The summed E-state index contributed by atoms with van der Waals surface area (Å²) in [5.41, 5.74) is 1.47. The molecular weight excluding hydrogens is 462 g/mol. The average Bonchev–Trinajstić information content (AvgIpc) is 2.77. The first-order valence-corrected chi connectivity index (χ1v) is 10.2. The first kappa shape index (κ1) is 20.7. The van der Waals surface area contributed by atoms with Gasteiger partial charge in [0.2, 0.25) is 0 Å². The third-order valence-electron chi connectivity index (χ3n) is 4.94. The van der Waals surface area contributed by atoms with Gasteiger partial charge in [-0.15, -0.1) is 0 Å². The molecule has 154 valence electrons. The molecule has 0 spiro atoms. The van der Waals surface area contributed by atoms with Gasteiger partial charge >= 0.3 is 5.97 Å². The van der Waals surface area contributed by atoms with E-state index in [1.54, 1.807) is 66.7 Å². The standard InChI is InChI=1S/C24H16BrNO5/c1-13(31-24(30)14-9-11-15(25)12-10-14)23(29)26-19-8-4-7-18-20(19)22(28)17-6-3-2-5-16(17)21(18)27/h2-13H,1H3,(H,26,29). The van der Waals surface area contributed by atoms with Crippen LogP contribution in [0.4, 0.5) is 5.69 Å². The van der Waals surface area contributed by atoms with Crippen molar-refractivity contribution in [3.63, 3.8) is 0 Å². The van der Waals surface area contributed by atoms with Crippen LogP contribution < -0.4 is 5.32 Å². The number of hydrogen-bond acceptors (Lipinski definition) is 5. The van der Waals surface area contributed by atoms with E-state index in [9.17, 15) is 19.2 Å². The fourth-order valence-electron chi connectivity index (χ4n) is 3.35. The van der Waals surface area contributed by atoms with Gasteiger partial charge in [-0.05, 0) is 37.3 Å². The molecule has 6 nitrogen and oxygen atoms in total. The van der Waals surface area contributed by atoms with Gasteiger partial charge in [-0.2, -0.15) is 0 Å². The van der Waals surface area contributed by atoms with Crippen molar-refractivity contribution >= 4 is 45.1 Å². The number of hydrogen-bond donors (Lipinski definition) is 1. The minimum Gasteiger partial charge on any atom is -0.449 e. The van der Waals surface area contributed by atoms with Gasteiger partial charge in [-0.3, -0.25) is 14.4 Å². The zero-order valence-electron chi connectivity index (χ0n) is 16.3. The summed E-state index contributed by atoms with van der Waals surface area (Å²) in [6.07, 6.45) is -1.12. The molecule has 0 bridgehead atoms. The lowest BCUT2D eigenvalue weighted by molar-refractivity contribution is -0.123. The third kappa shape index (κ3) is 3.92. The lowest BCUT2D eigenvalue weighted by Crippen LogP contribution is -2.31. The Morgan fingerprint density at radius 1 is 0.839 bits per heavy atom. The van der Waals surface area contributed by atoms with E-state index < -0.39 is 18.0 Å². The van der Waals surface area contributed by atoms with E-state index in [2.05, 4.69) is 21.2 Å². The van der Waals surface area contributed by atoms with Crippen LogP contribution in [0.2, 0.25) is 0 Å². The molecule has 1 atom stereocenters. The van der Waals surface area contributed by atoms with Crippen molar-refractivity contribution in [2.24, 2.45) is 0 Å². The summed E-state index contributed by atoms with van der Waals surface area (Å²) >= 11 is 3.29. The minimum absolute atomic E-state index is 0.131. The second-order valence-electron chi connectivity index (χ2n) is 6.98. The van der Waals surface area contributed by atoms with Crippen molar-refractivity contribution in [1.82, 2.24) is 0 Å². The molecular formula is C24H16BrNO5. The van der Waals surface area contributed by atoms with Crippen molar-refractivity contribution < 1.29 is 23.9 Å². The Bertz CT molecular complexity index is 1230. The van der Waals surface area contributed by atoms with Crippen LogP contribution >= 0.6 is 15.9 Å². The van der Waals surface area contributed by atoms with Gasteiger partial charge in [0.1, 0.15) is 0 Å². The van der Waals surface area contributed by atoms with Gasteiger partial charge in [0.25, 0.3) is 5.91 Å². The predicted octanol–water partition coefficient (Wildman–Crippen LogP) is 4.41. The van der Waals surface area contributed by atoms with Gasteiger partial charge in [-0.25, -0.2) is 4.79 Å². The Morgan fingerprint density at radius 3 is 2.13 bits per heavy atom. The largest absolute Gasteiger partial charge is 0.449 e. The highest BCUT2D eigenvalue weighted by Crippen LogP contribution is 2.32. The van der Waals surface area contributed by atoms with Crippen molar-refractivity contribution in [3.8, 4) is 0 Å². The lowest BCUT2D eigenvalue weighted by Gasteiger charge is -2.21. The van der Waals surface area contributed by atoms with Crippen LogP contribution in [-0.2, 0) is 9.53 Å². The van der Waals surface area contributed by atoms with E-state index in [-0.39, 0.29) is 33.9 Å². The smallest absolute Gasteiger partial charge is 0.338 e. The number of carbonyl (C=O) groups is 4. The SMILES string of the molecule is CC(OC(=O)c1ccc(Br)cc1)C(=O)Nc1cccc2c1C(=O)c1ccccc1C2=O. The molecule has 0 radical (unpaired) electrons. The number of ketones is 2. The van der Waals surface area contributed by atoms with E-state index in [1.165, 1.54) is 6.92 Å². The molecule has 1 aliphatic rings. The number of anilines is 1. The molecule has 0 fully saturated rings. The number of fused-ring (bicyclic) bond motifs is 2. The maximum absolute atomic E-state index is 13.0. The molecule has 4 rings (SSSR count). The third-order valence-corrected chi connectivity index (χ3v) is 5.47. The summed E-state index contributed by atoms with van der Waals surface area (Å²) in [4.78, 5) is 50.8. The maximum atomic E-state index is 13.0. The summed E-state index contributed by atoms with van der Waals surface area (Å²) in [7, 11) is 0. The summed E-state index contributed by atoms with van der Waals surface area (Å²) < 4.78 is 6.05. The van der Waals surface area contributed by atoms with Gasteiger partial charge in [-0.1, -0.05) is 52.3 Å². The van der Waals surface area contributed by atoms with E-state index in [0.717, 1.165) is 4.47 Å². The van der Waals surface area contributed by atoms with E-state index in [1.807, 2.05) is 0 Å². The monoisotopic (exact) mass is 477 g/mol. The summed E-state index contributed by atoms with van der Waals surface area (Å²) in [5.74, 6) is -1.89. The van der Waals surface area contributed by atoms with E-state index in [4.69, 9.17) is 4.74 Å². The number of amides is 1. The Morgan fingerprint density at radius 2 is 1.45 bits per heavy atom. The minimum atomic E-state index is -1.12. The number of esters is 1. The van der Waals surface area contributed by atoms with Crippen LogP contribution in [0, 0.1) is 0 Å². The Hall–Kier alpha value is -3.58. The molecule has 0 heterocycles. The number of ether oxygens (including phenoxy) is 1. The Kier molecular flexibility index (Phi) is 5.52. The fourth-order valence-corrected chi connectivity index (χ4v) is 3.62. The van der Waals surface area contributed by atoms with Gasteiger partial charge < -0.3 is 10.1 Å². The Labute approximate surface area is 186 Å². The molecule has 0 saturated carbocycles. The number of rotatable bonds is 4. The van der Waals surface area contributed by atoms with Crippen molar-refractivity contribution in [3.05, 3.63) is 99.0 Å². The highest BCUT2D eigenvalue weighted by Gasteiger charge is 2.32. The zero-order valence-corrected chi connectivity index (χ0v) is 17.9. The molecule has 0 saturated heterocycles. The molecule has 0 aliphatic heterocycles. The molecule has 1 unspecified atom stereocenters. The second kappa shape index (κ2) is 8.28. The Balaban J connectivity index is 1.55. The van der Waals surface area contributed by atoms with Gasteiger partial charge in [0, 0.05) is 21.2 Å². The number of benzene rings is 3. The molecule has 3 aromatic carbocycles. The van der Waals surface area contributed by atoms with E-state index >= 15 is 0 Å². The average molecular weight is 478 g/mol. The molecule has 31 heavy (non-hydrogen) atoms. The quantitative estimate of drug-likeness (QED) is 0.439. The number of halogens is 1. The fraction of sp³-hybridized carbons (Fsp3) is 0.0833. The number of nitrogens with one attached hydrogen (secondary N) is 1. The molecule has 1 N–H and O–H groups in total. The number of carbonyl (C=O) groups excluding carboxylic acids is 4. The first-order chi connectivity index (χ1) is 14.9. The highest BCUT2D eigenvalue weighted by atomic mass is 79.9. The van der Waals surface area contributed by atoms with Crippen LogP contribution in [0.3, 0.4) is 0 Å². The normalized spacial score (nSPS) is 13.1. The van der Waals surface area contributed by atoms with Crippen molar-refractivity contribution in [2.45, 2.75) is 13.0 Å². The van der Waals surface area contributed by atoms with Gasteiger partial charge in [0.15, 0.2) is 17.7 Å². The molecule has 1 amide bonds. The van der Waals surface area contributed by atoms with Crippen LogP contribution in [0.5, 0.6) is 0 Å². The summed E-state index contributed by atoms with van der Waals surface area (Å²) in [6.45, 7) is 1.43. The predicted molar refractivity (Wildman–Crippen MR) is 117 cm³/mol. The van der Waals surface area contributed by atoms with E-state index in [0.29, 0.717) is 11.1 Å². The van der Waals surface area contributed by atoms with Crippen LogP contribution in [-0.4, -0.2) is 29.5 Å². The van der Waals surface area contributed by atoms with Crippen molar-refractivity contribution in [1.29, 1.82) is 0 Å². The van der Waals surface area contributed by atoms with Gasteiger partial charge in [0.05, 0.1) is 16.8 Å². The molecule has 0 aromatic heterocycles. The van der Waals surface area contributed by atoms with Crippen LogP contribution in [0.25, 0.3) is 0 Å². The lowest BCUT2D eigenvalue weighted by atomic mass is 9.83. The van der Waals surface area contributed by atoms with Crippen LogP contribution in [0.15, 0.2) is 71.2 Å². The second-order valence-corrected chi connectivity index (χ2v) is 7.89. The topological polar surface area (TPSA) is 89.5 Å². The molecule has 1 aliphatic carbocycles. The molecule has 7 heteroatoms. The van der Waals surface area contributed by atoms with Crippen molar-refractivity contribution in [2.75, 3.05) is 5.32 Å². The molecule has 3 aromatic rings. The first-order valence-electron chi connectivity index (χ1n) is 9.45.